The van der Waals surface area contributed by atoms with Gasteiger partial charge in [-0.05, 0) is 26.7 Å². The highest BCUT2D eigenvalue weighted by atomic mass is 32.2. The lowest BCUT2D eigenvalue weighted by Crippen LogP contribution is -2.56. The van der Waals surface area contributed by atoms with E-state index in [0.717, 1.165) is 12.8 Å². The van der Waals surface area contributed by atoms with E-state index in [2.05, 4.69) is 21.7 Å². The fourth-order valence-electron chi connectivity index (χ4n) is 1.92. The van der Waals surface area contributed by atoms with E-state index >= 15 is 0 Å². The summed E-state index contributed by atoms with van der Waals surface area (Å²) >= 11 is 0. The van der Waals surface area contributed by atoms with E-state index in [1.807, 2.05) is 6.92 Å². The first kappa shape index (κ1) is 12.9. The van der Waals surface area contributed by atoms with Crippen molar-refractivity contribution in [3.8, 4) is 0 Å². The Bertz CT molecular complexity index is 292. The Labute approximate surface area is 92.2 Å². The summed E-state index contributed by atoms with van der Waals surface area (Å²) in [5.74, 6) is 0. The summed E-state index contributed by atoms with van der Waals surface area (Å²) in [6, 6.07) is 0.646. The fourth-order valence-corrected chi connectivity index (χ4v) is 3.10. The van der Waals surface area contributed by atoms with Crippen LogP contribution in [0.4, 0.5) is 0 Å². The molecule has 0 aliphatic carbocycles. The molecule has 0 aromatic carbocycles. The maximum absolute atomic E-state index is 11.5. The van der Waals surface area contributed by atoms with E-state index in [1.165, 1.54) is 0 Å². The standard InChI is InChI=1S/C9H21N3O2S/c1-4-10-15(13,14)12-9-6-5-7(2)11-8(9)3/h7-12H,4-6H2,1-3H3. The van der Waals surface area contributed by atoms with Crippen molar-refractivity contribution >= 4 is 10.2 Å². The monoisotopic (exact) mass is 235 g/mol. The van der Waals surface area contributed by atoms with Gasteiger partial charge < -0.3 is 5.32 Å². The molecule has 0 saturated carbocycles. The van der Waals surface area contributed by atoms with Gasteiger partial charge in [0.25, 0.3) is 10.2 Å². The van der Waals surface area contributed by atoms with Gasteiger partial charge in [0, 0.05) is 24.7 Å². The average Bonchev–Trinajstić information content (AvgIpc) is 2.09. The van der Waals surface area contributed by atoms with Crippen LogP contribution in [0.5, 0.6) is 0 Å². The first-order valence-corrected chi connectivity index (χ1v) is 6.96. The first-order chi connectivity index (χ1) is 6.94. The van der Waals surface area contributed by atoms with Gasteiger partial charge in [-0.2, -0.15) is 13.1 Å². The predicted molar refractivity (Wildman–Crippen MR) is 60.8 cm³/mol. The lowest BCUT2D eigenvalue weighted by atomic mass is 9.96. The third-order valence-corrected chi connectivity index (χ3v) is 3.98. The Morgan fingerprint density at radius 2 is 2.00 bits per heavy atom. The summed E-state index contributed by atoms with van der Waals surface area (Å²) in [6.07, 6.45) is 1.89. The number of nitrogens with one attached hydrogen (secondary N) is 3. The highest BCUT2D eigenvalue weighted by Crippen LogP contribution is 2.13. The zero-order chi connectivity index (χ0) is 11.5. The minimum atomic E-state index is -3.32. The largest absolute Gasteiger partial charge is 0.310 e. The lowest BCUT2D eigenvalue weighted by molar-refractivity contribution is 0.296. The molecule has 0 spiro atoms. The van der Waals surface area contributed by atoms with E-state index in [0.29, 0.717) is 12.6 Å². The van der Waals surface area contributed by atoms with Crippen LogP contribution in [0.1, 0.15) is 33.6 Å². The van der Waals surface area contributed by atoms with Crippen molar-refractivity contribution in [2.45, 2.75) is 51.7 Å². The van der Waals surface area contributed by atoms with Gasteiger partial charge >= 0.3 is 0 Å². The van der Waals surface area contributed by atoms with Crippen LogP contribution in [0.25, 0.3) is 0 Å². The molecule has 5 nitrogen and oxygen atoms in total. The number of rotatable bonds is 4. The molecule has 6 heteroatoms. The molecule has 1 rings (SSSR count). The van der Waals surface area contributed by atoms with Crippen molar-refractivity contribution in [1.82, 2.24) is 14.8 Å². The van der Waals surface area contributed by atoms with Crippen LogP contribution in [0.2, 0.25) is 0 Å². The van der Waals surface area contributed by atoms with E-state index < -0.39 is 10.2 Å². The first-order valence-electron chi connectivity index (χ1n) is 5.47. The minimum Gasteiger partial charge on any atom is -0.310 e. The van der Waals surface area contributed by atoms with Crippen molar-refractivity contribution in [2.75, 3.05) is 6.54 Å². The van der Waals surface area contributed by atoms with Crippen LogP contribution >= 0.6 is 0 Å². The van der Waals surface area contributed by atoms with Gasteiger partial charge in [-0.1, -0.05) is 6.92 Å². The summed E-state index contributed by atoms with van der Waals surface area (Å²) in [5, 5.41) is 3.34. The molecule has 0 aromatic rings. The molecule has 1 heterocycles. The number of hydrogen-bond acceptors (Lipinski definition) is 3. The molecule has 3 atom stereocenters. The van der Waals surface area contributed by atoms with Crippen LogP contribution in [0, 0.1) is 0 Å². The molecule has 1 aliphatic heterocycles. The van der Waals surface area contributed by atoms with Gasteiger partial charge in [0.15, 0.2) is 0 Å². The van der Waals surface area contributed by atoms with E-state index in [1.54, 1.807) is 6.92 Å². The third-order valence-electron chi connectivity index (χ3n) is 2.70. The topological polar surface area (TPSA) is 70.2 Å². The summed E-state index contributed by atoms with van der Waals surface area (Å²) in [5.41, 5.74) is 0. The lowest BCUT2D eigenvalue weighted by Gasteiger charge is -2.34. The molecule has 3 N–H and O–H groups in total. The van der Waals surface area contributed by atoms with Crippen molar-refractivity contribution in [1.29, 1.82) is 0 Å². The molecule has 15 heavy (non-hydrogen) atoms. The Balaban J connectivity index is 2.51. The zero-order valence-electron chi connectivity index (χ0n) is 9.58. The summed E-state index contributed by atoms with van der Waals surface area (Å²) in [4.78, 5) is 0. The molecule has 1 fully saturated rings. The Kier molecular flexibility index (Phi) is 4.51. The van der Waals surface area contributed by atoms with Crippen molar-refractivity contribution in [3.63, 3.8) is 0 Å². The van der Waals surface area contributed by atoms with Gasteiger partial charge in [-0.25, -0.2) is 4.72 Å². The second kappa shape index (κ2) is 5.25. The second-order valence-electron chi connectivity index (χ2n) is 4.16. The quantitative estimate of drug-likeness (QED) is 0.640. The molecule has 0 aromatic heterocycles. The van der Waals surface area contributed by atoms with Gasteiger partial charge in [-0.15, -0.1) is 0 Å². The molecule has 90 valence electrons. The predicted octanol–water partition coefficient (Wildman–Crippen LogP) is -0.0407. The van der Waals surface area contributed by atoms with Crippen LogP contribution in [0.15, 0.2) is 0 Å². The molecule has 1 saturated heterocycles. The molecule has 3 unspecified atom stereocenters. The van der Waals surface area contributed by atoms with Gasteiger partial charge in [0.05, 0.1) is 0 Å². The van der Waals surface area contributed by atoms with Gasteiger partial charge in [0.1, 0.15) is 0 Å². The molecule has 1 aliphatic rings. The van der Waals surface area contributed by atoms with Crippen molar-refractivity contribution < 1.29 is 8.42 Å². The Morgan fingerprint density at radius 3 is 2.53 bits per heavy atom. The fraction of sp³-hybridized carbons (Fsp3) is 1.00. The Morgan fingerprint density at radius 1 is 1.33 bits per heavy atom. The van der Waals surface area contributed by atoms with Crippen LogP contribution in [-0.2, 0) is 10.2 Å². The number of piperidine rings is 1. The molecular weight excluding hydrogens is 214 g/mol. The second-order valence-corrected chi connectivity index (χ2v) is 5.69. The normalized spacial score (nSPS) is 32.9. The van der Waals surface area contributed by atoms with Crippen LogP contribution < -0.4 is 14.8 Å². The minimum absolute atomic E-state index is 0.00903. The Hall–Kier alpha value is -0.170. The third kappa shape index (κ3) is 4.06. The van der Waals surface area contributed by atoms with E-state index in [4.69, 9.17) is 0 Å². The van der Waals surface area contributed by atoms with Crippen molar-refractivity contribution in [2.24, 2.45) is 0 Å². The van der Waals surface area contributed by atoms with E-state index in [9.17, 15) is 8.42 Å². The summed E-state index contributed by atoms with van der Waals surface area (Å²) < 4.78 is 28.1. The zero-order valence-corrected chi connectivity index (χ0v) is 10.4. The highest BCUT2D eigenvalue weighted by molar-refractivity contribution is 7.87. The SMILES string of the molecule is CCNS(=O)(=O)NC1CCC(C)NC1C. The molecule has 0 bridgehead atoms. The van der Waals surface area contributed by atoms with E-state index in [-0.39, 0.29) is 12.1 Å². The molecule has 0 radical (unpaired) electrons. The maximum Gasteiger partial charge on any atom is 0.277 e. The number of hydrogen-bond donors (Lipinski definition) is 3. The van der Waals surface area contributed by atoms with Crippen molar-refractivity contribution in [3.05, 3.63) is 0 Å². The van der Waals surface area contributed by atoms with Gasteiger partial charge in [-0.3, -0.25) is 0 Å². The maximum atomic E-state index is 11.5. The highest BCUT2D eigenvalue weighted by Gasteiger charge is 2.27. The smallest absolute Gasteiger partial charge is 0.277 e. The summed E-state index contributed by atoms with van der Waals surface area (Å²) in [7, 11) is -3.32. The van der Waals surface area contributed by atoms with Gasteiger partial charge in [0.2, 0.25) is 0 Å². The molecular formula is C9H21N3O2S. The summed E-state index contributed by atoms with van der Waals surface area (Å²) in [6.45, 7) is 6.31. The van der Waals surface area contributed by atoms with Crippen LogP contribution in [-0.4, -0.2) is 33.1 Å². The van der Waals surface area contributed by atoms with Crippen LogP contribution in [0.3, 0.4) is 0 Å². The average molecular weight is 235 g/mol. The molecule has 0 amide bonds.